The highest BCUT2D eigenvalue weighted by molar-refractivity contribution is 7.20. The van der Waals surface area contributed by atoms with Gasteiger partial charge in [-0.05, 0) is 37.0 Å². The van der Waals surface area contributed by atoms with Crippen LogP contribution in [0.5, 0.6) is 0 Å². The van der Waals surface area contributed by atoms with E-state index in [9.17, 15) is 14.0 Å². The lowest BCUT2D eigenvalue weighted by Gasteiger charge is -2.15. The first-order chi connectivity index (χ1) is 10.0. The summed E-state index contributed by atoms with van der Waals surface area (Å²) in [7, 11) is 0. The van der Waals surface area contributed by atoms with E-state index in [-0.39, 0.29) is 30.1 Å². The molecule has 1 amide bonds. The van der Waals surface area contributed by atoms with Gasteiger partial charge in [0, 0.05) is 16.1 Å². The fourth-order valence-electron chi connectivity index (χ4n) is 2.40. The summed E-state index contributed by atoms with van der Waals surface area (Å²) < 4.78 is 14.3. The quantitative estimate of drug-likeness (QED) is 0.892. The van der Waals surface area contributed by atoms with Crippen LogP contribution in [0.3, 0.4) is 0 Å². The van der Waals surface area contributed by atoms with E-state index in [0.29, 0.717) is 15.0 Å². The van der Waals surface area contributed by atoms with Gasteiger partial charge in [-0.2, -0.15) is 0 Å². The van der Waals surface area contributed by atoms with Crippen LogP contribution in [0.4, 0.5) is 4.39 Å². The van der Waals surface area contributed by atoms with Crippen LogP contribution in [-0.4, -0.2) is 23.0 Å². The second-order valence-corrected chi connectivity index (χ2v) is 6.36. The van der Waals surface area contributed by atoms with Crippen molar-refractivity contribution in [1.82, 2.24) is 5.32 Å². The monoisotopic (exact) mass is 307 g/mol. The van der Waals surface area contributed by atoms with Gasteiger partial charge in [0.05, 0.1) is 11.3 Å². The number of nitrogens with one attached hydrogen (secondary N) is 1. The summed E-state index contributed by atoms with van der Waals surface area (Å²) in [4.78, 5) is 23.5. The van der Waals surface area contributed by atoms with E-state index in [4.69, 9.17) is 5.11 Å². The number of hydrogen-bond donors (Lipinski definition) is 2. The second kappa shape index (κ2) is 5.44. The average Bonchev–Trinajstić information content (AvgIpc) is 3.17. The zero-order valence-corrected chi connectivity index (χ0v) is 12.0. The molecule has 2 aromatic rings. The molecule has 0 spiro atoms. The molecule has 1 heterocycles. The molecule has 0 radical (unpaired) electrons. The second-order valence-electron chi connectivity index (χ2n) is 5.28. The Hall–Kier alpha value is -1.95. The summed E-state index contributed by atoms with van der Waals surface area (Å²) in [5.41, 5.74) is 0. The Morgan fingerprint density at radius 1 is 1.43 bits per heavy atom. The molecule has 6 heteroatoms. The predicted octanol–water partition coefficient (Wildman–Crippen LogP) is 3.02. The third-order valence-corrected chi connectivity index (χ3v) is 4.73. The molecule has 0 aliphatic heterocycles. The summed E-state index contributed by atoms with van der Waals surface area (Å²) in [6.07, 6.45) is 1.81. The number of fused-ring (bicyclic) bond motifs is 1. The number of carboxylic acids is 1. The lowest BCUT2D eigenvalue weighted by Crippen LogP contribution is -2.37. The normalized spacial score (nSPS) is 15.9. The van der Waals surface area contributed by atoms with Crippen LogP contribution in [0.25, 0.3) is 10.1 Å². The van der Waals surface area contributed by atoms with Crippen LogP contribution in [0.2, 0.25) is 0 Å². The zero-order valence-electron chi connectivity index (χ0n) is 11.1. The molecular formula is C15H14FNO3S. The minimum absolute atomic E-state index is 0.0737. The van der Waals surface area contributed by atoms with Crippen molar-refractivity contribution in [3.8, 4) is 0 Å². The molecule has 0 saturated heterocycles. The molecule has 0 bridgehead atoms. The topological polar surface area (TPSA) is 66.4 Å². The molecule has 1 atom stereocenters. The van der Waals surface area contributed by atoms with Crippen molar-refractivity contribution in [2.24, 2.45) is 5.92 Å². The first-order valence-electron chi connectivity index (χ1n) is 6.75. The van der Waals surface area contributed by atoms with Gasteiger partial charge >= 0.3 is 5.97 Å². The fourth-order valence-corrected chi connectivity index (χ4v) is 3.38. The van der Waals surface area contributed by atoms with Crippen LogP contribution >= 0.6 is 11.3 Å². The molecule has 21 heavy (non-hydrogen) atoms. The van der Waals surface area contributed by atoms with Gasteiger partial charge in [-0.25, -0.2) is 4.39 Å². The number of thiophene rings is 1. The highest BCUT2D eigenvalue weighted by Gasteiger charge is 2.34. The zero-order chi connectivity index (χ0) is 15.0. The lowest BCUT2D eigenvalue weighted by atomic mass is 10.1. The number of carbonyl (C=O) groups excluding carboxylic acids is 1. The molecule has 2 N–H and O–H groups in total. The molecule has 1 fully saturated rings. The Kier molecular flexibility index (Phi) is 3.63. The van der Waals surface area contributed by atoms with Crippen molar-refractivity contribution < 1.29 is 19.1 Å². The summed E-state index contributed by atoms with van der Waals surface area (Å²) in [6, 6.07) is 5.90. The average molecular weight is 307 g/mol. The Morgan fingerprint density at radius 2 is 2.19 bits per heavy atom. The summed E-state index contributed by atoms with van der Waals surface area (Å²) >= 11 is 1.21. The molecule has 4 nitrogen and oxygen atoms in total. The van der Waals surface area contributed by atoms with Crippen molar-refractivity contribution in [2.45, 2.75) is 25.3 Å². The minimum atomic E-state index is -0.922. The lowest BCUT2D eigenvalue weighted by molar-refractivity contribution is -0.137. The molecule has 3 rings (SSSR count). The Balaban J connectivity index is 1.79. The fraction of sp³-hybridized carbons (Fsp3) is 0.333. The number of amides is 1. The molecule has 1 aliphatic rings. The first kappa shape index (κ1) is 14.0. The van der Waals surface area contributed by atoms with Gasteiger partial charge in [0.1, 0.15) is 5.82 Å². The van der Waals surface area contributed by atoms with E-state index < -0.39 is 5.97 Å². The van der Waals surface area contributed by atoms with E-state index in [0.717, 1.165) is 12.8 Å². The minimum Gasteiger partial charge on any atom is -0.481 e. The van der Waals surface area contributed by atoms with Crippen molar-refractivity contribution >= 4 is 33.3 Å². The van der Waals surface area contributed by atoms with Crippen LogP contribution < -0.4 is 5.32 Å². The molecule has 110 valence electrons. The summed E-state index contributed by atoms with van der Waals surface area (Å²) in [6.45, 7) is 0. The summed E-state index contributed by atoms with van der Waals surface area (Å²) in [5, 5.41) is 12.1. The van der Waals surface area contributed by atoms with Gasteiger partial charge in [0.25, 0.3) is 5.91 Å². The maximum absolute atomic E-state index is 13.6. The number of halogens is 1. The van der Waals surface area contributed by atoms with E-state index >= 15 is 0 Å². The number of carbonyl (C=O) groups is 2. The Bertz CT molecular complexity index is 708. The molecule has 1 aromatic heterocycles. The van der Waals surface area contributed by atoms with Crippen LogP contribution in [0.15, 0.2) is 24.3 Å². The van der Waals surface area contributed by atoms with Crippen molar-refractivity contribution in [1.29, 1.82) is 0 Å². The third-order valence-electron chi connectivity index (χ3n) is 3.63. The van der Waals surface area contributed by atoms with Gasteiger partial charge in [0.15, 0.2) is 0 Å². The molecule has 1 aliphatic carbocycles. The van der Waals surface area contributed by atoms with Gasteiger partial charge < -0.3 is 10.4 Å². The number of aliphatic carboxylic acids is 1. The van der Waals surface area contributed by atoms with Crippen LogP contribution in [-0.2, 0) is 4.79 Å². The highest BCUT2D eigenvalue weighted by atomic mass is 32.1. The SMILES string of the molecule is O=C(O)CC(NC(=O)c1cc2c(F)cccc2s1)C1CC1. The summed E-state index contributed by atoms with van der Waals surface area (Å²) in [5.74, 6) is -1.36. The largest absolute Gasteiger partial charge is 0.481 e. The van der Waals surface area contributed by atoms with Crippen molar-refractivity contribution in [3.05, 3.63) is 35.0 Å². The Morgan fingerprint density at radius 3 is 2.81 bits per heavy atom. The molecule has 1 saturated carbocycles. The standard InChI is InChI=1S/C15H14FNO3S/c16-10-2-1-3-12-9(10)6-13(21-12)15(20)17-11(7-14(18)19)8-4-5-8/h1-3,6,8,11H,4-5,7H2,(H,17,20)(H,18,19). The van der Waals surface area contributed by atoms with Gasteiger partial charge in [-0.1, -0.05) is 6.07 Å². The number of rotatable bonds is 5. The van der Waals surface area contributed by atoms with Crippen molar-refractivity contribution in [2.75, 3.05) is 0 Å². The maximum Gasteiger partial charge on any atom is 0.305 e. The smallest absolute Gasteiger partial charge is 0.305 e. The highest BCUT2D eigenvalue weighted by Crippen LogP contribution is 2.34. The predicted molar refractivity (Wildman–Crippen MR) is 78.0 cm³/mol. The van der Waals surface area contributed by atoms with Gasteiger partial charge in [0.2, 0.25) is 0 Å². The number of hydrogen-bond acceptors (Lipinski definition) is 3. The van der Waals surface area contributed by atoms with Gasteiger partial charge in [-0.3, -0.25) is 9.59 Å². The molecule has 1 unspecified atom stereocenters. The number of benzene rings is 1. The molecule has 1 aromatic carbocycles. The Labute approximate surface area is 124 Å². The van der Waals surface area contributed by atoms with E-state index in [1.54, 1.807) is 12.1 Å². The van der Waals surface area contributed by atoms with Gasteiger partial charge in [-0.15, -0.1) is 11.3 Å². The maximum atomic E-state index is 13.6. The van der Waals surface area contributed by atoms with Crippen molar-refractivity contribution in [3.63, 3.8) is 0 Å². The van der Waals surface area contributed by atoms with E-state index in [2.05, 4.69) is 5.32 Å². The first-order valence-corrected chi connectivity index (χ1v) is 7.57. The molecular weight excluding hydrogens is 293 g/mol. The van der Waals surface area contributed by atoms with E-state index in [1.807, 2.05) is 0 Å². The number of carboxylic acid groups (broad SMARTS) is 1. The van der Waals surface area contributed by atoms with E-state index in [1.165, 1.54) is 23.5 Å². The third kappa shape index (κ3) is 3.05. The van der Waals surface area contributed by atoms with Crippen LogP contribution in [0.1, 0.15) is 28.9 Å². The van der Waals surface area contributed by atoms with Crippen LogP contribution in [0, 0.1) is 11.7 Å².